The number of ether oxygens (including phenoxy) is 1. The number of carbonyl (C=O) groups is 1. The first kappa shape index (κ1) is 23.5. The fraction of sp³-hybridized carbons (Fsp3) is 0.633. The molecule has 184 valence electrons. The molecule has 2 fully saturated rings. The summed E-state index contributed by atoms with van der Waals surface area (Å²) >= 11 is 0. The number of benzene rings is 1. The zero-order valence-corrected chi connectivity index (χ0v) is 21.8. The van der Waals surface area contributed by atoms with Crippen molar-refractivity contribution < 1.29 is 19.7 Å². The summed E-state index contributed by atoms with van der Waals surface area (Å²) in [5, 5.41) is 20.8. The lowest BCUT2D eigenvalue weighted by atomic mass is 9.33. The number of esters is 1. The van der Waals surface area contributed by atoms with Gasteiger partial charge in [-0.05, 0) is 97.3 Å². The van der Waals surface area contributed by atoms with Crippen LogP contribution in [-0.2, 0) is 9.53 Å². The van der Waals surface area contributed by atoms with E-state index in [1.165, 1.54) is 12.7 Å². The van der Waals surface area contributed by atoms with Gasteiger partial charge in [-0.2, -0.15) is 0 Å². The molecular weight excluding hydrogens is 424 g/mol. The van der Waals surface area contributed by atoms with E-state index in [4.69, 9.17) is 4.74 Å². The molecular formula is C30H40O4. The van der Waals surface area contributed by atoms with Gasteiger partial charge in [0.2, 0.25) is 0 Å². The predicted octanol–water partition coefficient (Wildman–Crippen LogP) is 7.02. The van der Waals surface area contributed by atoms with Crippen molar-refractivity contribution in [3.05, 3.63) is 34.9 Å². The standard InChI is InChI=1S/C30H40O4/c1-18-19-8-10-28(4)21(20(19)16-22(31)24(18)32)9-11-29(5)23-17-27(3,25(33)34-7)13-12-26(23,2)14-15-30(28,29)6/h8-10,16,23,31-32H,11-15,17H2,1-7H3. The average molecular weight is 465 g/mol. The topological polar surface area (TPSA) is 66.8 Å². The zero-order chi connectivity index (χ0) is 24.9. The number of hydrogen-bond acceptors (Lipinski definition) is 4. The van der Waals surface area contributed by atoms with Gasteiger partial charge < -0.3 is 14.9 Å². The minimum Gasteiger partial charge on any atom is -0.504 e. The molecule has 6 atom stereocenters. The summed E-state index contributed by atoms with van der Waals surface area (Å²) in [6.45, 7) is 13.7. The van der Waals surface area contributed by atoms with Crippen LogP contribution >= 0.6 is 0 Å². The Bertz CT molecular complexity index is 1150. The third kappa shape index (κ3) is 2.63. The van der Waals surface area contributed by atoms with E-state index in [2.05, 4.69) is 52.8 Å². The van der Waals surface area contributed by atoms with Gasteiger partial charge in [0.05, 0.1) is 12.5 Å². The second kappa shape index (κ2) is 6.92. The molecule has 0 radical (unpaired) electrons. The molecule has 0 spiro atoms. The molecule has 5 rings (SSSR count). The van der Waals surface area contributed by atoms with Crippen LogP contribution in [0.3, 0.4) is 0 Å². The number of methoxy groups -OCH3 is 1. The number of carbonyl (C=O) groups excluding carboxylic acids is 1. The summed E-state index contributed by atoms with van der Waals surface area (Å²) in [7, 11) is 1.52. The molecule has 0 amide bonds. The Hall–Kier alpha value is -2.23. The number of phenols is 2. The Labute approximate surface area is 204 Å². The summed E-state index contributed by atoms with van der Waals surface area (Å²) in [4.78, 5) is 12.8. The molecule has 0 aromatic heterocycles. The largest absolute Gasteiger partial charge is 0.504 e. The van der Waals surface area contributed by atoms with Gasteiger partial charge in [0.1, 0.15) is 0 Å². The first-order chi connectivity index (χ1) is 15.8. The van der Waals surface area contributed by atoms with Crippen LogP contribution in [0.25, 0.3) is 11.6 Å². The monoisotopic (exact) mass is 464 g/mol. The van der Waals surface area contributed by atoms with Gasteiger partial charge in [0.15, 0.2) is 11.5 Å². The maximum Gasteiger partial charge on any atom is 0.311 e. The fourth-order valence-electron chi connectivity index (χ4n) is 8.66. The summed E-state index contributed by atoms with van der Waals surface area (Å²) in [5.74, 6) is 0.264. The van der Waals surface area contributed by atoms with Gasteiger partial charge in [-0.3, -0.25) is 4.79 Å². The van der Waals surface area contributed by atoms with E-state index >= 15 is 0 Å². The highest BCUT2D eigenvalue weighted by Crippen LogP contribution is 2.76. The third-order valence-corrected chi connectivity index (χ3v) is 11.5. The molecule has 4 aliphatic carbocycles. The highest BCUT2D eigenvalue weighted by atomic mass is 16.5. The van der Waals surface area contributed by atoms with Gasteiger partial charge >= 0.3 is 5.97 Å². The predicted molar refractivity (Wildman–Crippen MR) is 135 cm³/mol. The molecule has 0 aliphatic heterocycles. The molecule has 0 saturated heterocycles. The SMILES string of the molecule is COC(=O)C1(C)CCC2(C)CCC3(C)C4(C)C=Cc5c(cc(O)c(O)c5C)C4=CCC3(C)C2C1. The number of phenolic OH excluding ortho intramolecular Hbond substituents is 2. The van der Waals surface area contributed by atoms with Crippen LogP contribution in [0.1, 0.15) is 89.8 Å². The van der Waals surface area contributed by atoms with Crippen LogP contribution in [0, 0.1) is 39.9 Å². The summed E-state index contributed by atoms with van der Waals surface area (Å²) in [6.07, 6.45) is 13.0. The van der Waals surface area contributed by atoms with Crippen LogP contribution in [0.15, 0.2) is 18.2 Å². The minimum atomic E-state index is -0.430. The van der Waals surface area contributed by atoms with Crippen LogP contribution in [-0.4, -0.2) is 23.3 Å². The molecule has 2 saturated carbocycles. The van der Waals surface area contributed by atoms with Crippen molar-refractivity contribution in [2.45, 2.75) is 80.1 Å². The molecule has 34 heavy (non-hydrogen) atoms. The average Bonchev–Trinajstić information content (AvgIpc) is 2.80. The van der Waals surface area contributed by atoms with Gasteiger partial charge in [-0.15, -0.1) is 0 Å². The molecule has 0 bridgehead atoms. The molecule has 4 heteroatoms. The lowest BCUT2D eigenvalue weighted by Crippen LogP contribution is -2.63. The van der Waals surface area contributed by atoms with E-state index in [-0.39, 0.29) is 39.1 Å². The van der Waals surface area contributed by atoms with Crippen LogP contribution < -0.4 is 0 Å². The lowest BCUT2D eigenvalue weighted by molar-refractivity contribution is -0.190. The van der Waals surface area contributed by atoms with E-state index in [0.717, 1.165) is 55.2 Å². The number of rotatable bonds is 1. The fourth-order valence-corrected chi connectivity index (χ4v) is 8.66. The summed E-state index contributed by atoms with van der Waals surface area (Å²) in [6, 6.07) is 1.75. The Morgan fingerprint density at radius 2 is 1.74 bits per heavy atom. The Kier molecular flexibility index (Phi) is 4.79. The molecule has 2 N–H and O–H groups in total. The van der Waals surface area contributed by atoms with Crippen molar-refractivity contribution in [3.63, 3.8) is 0 Å². The minimum absolute atomic E-state index is 0.0156. The third-order valence-electron chi connectivity index (χ3n) is 11.5. The van der Waals surface area contributed by atoms with Crippen LogP contribution in [0.2, 0.25) is 0 Å². The van der Waals surface area contributed by atoms with E-state index in [0.29, 0.717) is 5.92 Å². The maximum absolute atomic E-state index is 12.8. The molecule has 1 aromatic rings. The summed E-state index contributed by atoms with van der Waals surface area (Å²) < 4.78 is 5.27. The van der Waals surface area contributed by atoms with Crippen molar-refractivity contribution in [1.82, 2.24) is 0 Å². The van der Waals surface area contributed by atoms with E-state index < -0.39 is 5.41 Å². The second-order valence-corrected chi connectivity index (χ2v) is 12.9. The van der Waals surface area contributed by atoms with Crippen molar-refractivity contribution in [1.29, 1.82) is 0 Å². The Morgan fingerprint density at radius 1 is 1.06 bits per heavy atom. The molecule has 1 aromatic carbocycles. The number of hydrogen-bond donors (Lipinski definition) is 2. The molecule has 4 nitrogen and oxygen atoms in total. The van der Waals surface area contributed by atoms with Gasteiger partial charge in [0, 0.05) is 11.0 Å². The maximum atomic E-state index is 12.8. The van der Waals surface area contributed by atoms with E-state index in [1.54, 1.807) is 6.07 Å². The normalized spacial score (nSPS) is 42.6. The highest BCUT2D eigenvalue weighted by Gasteiger charge is 2.68. The smallest absolute Gasteiger partial charge is 0.311 e. The first-order valence-corrected chi connectivity index (χ1v) is 12.8. The lowest BCUT2D eigenvalue weighted by Gasteiger charge is -2.70. The van der Waals surface area contributed by atoms with Crippen molar-refractivity contribution in [2.75, 3.05) is 7.11 Å². The summed E-state index contributed by atoms with van der Waals surface area (Å²) in [5.41, 5.74) is 3.62. The van der Waals surface area contributed by atoms with Gasteiger partial charge in [-0.1, -0.05) is 45.9 Å². The van der Waals surface area contributed by atoms with Crippen molar-refractivity contribution in [2.24, 2.45) is 33.0 Å². The number of fused-ring (bicyclic) bond motifs is 7. The van der Waals surface area contributed by atoms with Crippen LogP contribution in [0.4, 0.5) is 0 Å². The van der Waals surface area contributed by atoms with Crippen LogP contribution in [0.5, 0.6) is 11.5 Å². The second-order valence-electron chi connectivity index (χ2n) is 12.9. The number of aromatic hydroxyl groups is 2. The first-order valence-electron chi connectivity index (χ1n) is 12.8. The van der Waals surface area contributed by atoms with E-state index in [9.17, 15) is 15.0 Å². The number of allylic oxidation sites excluding steroid dienone is 3. The highest BCUT2D eigenvalue weighted by molar-refractivity contribution is 5.87. The van der Waals surface area contributed by atoms with Gasteiger partial charge in [-0.25, -0.2) is 0 Å². The molecule has 0 heterocycles. The Balaban J connectivity index is 1.66. The quantitative estimate of drug-likeness (QED) is 0.346. The van der Waals surface area contributed by atoms with Crippen molar-refractivity contribution in [3.8, 4) is 11.5 Å². The Morgan fingerprint density at radius 3 is 2.41 bits per heavy atom. The molecule has 6 unspecified atom stereocenters. The van der Waals surface area contributed by atoms with E-state index in [1.807, 2.05) is 6.92 Å². The van der Waals surface area contributed by atoms with Gasteiger partial charge in [0.25, 0.3) is 0 Å². The van der Waals surface area contributed by atoms with Crippen molar-refractivity contribution >= 4 is 17.6 Å². The zero-order valence-electron chi connectivity index (χ0n) is 21.8. The molecule has 4 aliphatic rings.